The second kappa shape index (κ2) is 7.70. The molecule has 1 N–H and O–H groups in total. The molecule has 1 fully saturated rings. The number of hydrogen-bond donors (Lipinski definition) is 1. The summed E-state index contributed by atoms with van der Waals surface area (Å²) >= 11 is 0. The van der Waals surface area contributed by atoms with Gasteiger partial charge in [-0.1, -0.05) is 29.8 Å². The molecular weight excluding hydrogens is 364 g/mol. The Balaban J connectivity index is 1.88. The number of morpholine rings is 1. The van der Waals surface area contributed by atoms with Gasteiger partial charge >= 0.3 is 0 Å². The van der Waals surface area contributed by atoms with E-state index < -0.39 is 10.0 Å². The Labute approximate surface area is 160 Å². The highest BCUT2D eigenvalue weighted by Gasteiger charge is 2.28. The van der Waals surface area contributed by atoms with Crippen LogP contribution in [0.25, 0.3) is 0 Å². The SMILES string of the molecule is Cc1ccc(S(=O)(=O)Nc2ccccc2C(=O)N2CC(C)OC(C)C2)cc1. The van der Waals surface area contributed by atoms with Crippen LogP contribution in [0.4, 0.5) is 5.69 Å². The van der Waals surface area contributed by atoms with Gasteiger partial charge < -0.3 is 9.64 Å². The topological polar surface area (TPSA) is 75.7 Å². The molecule has 0 aliphatic carbocycles. The zero-order chi connectivity index (χ0) is 19.6. The van der Waals surface area contributed by atoms with Crippen LogP contribution in [0.5, 0.6) is 0 Å². The molecule has 2 atom stereocenters. The highest BCUT2D eigenvalue weighted by atomic mass is 32.2. The van der Waals surface area contributed by atoms with Gasteiger partial charge in [0, 0.05) is 13.1 Å². The van der Waals surface area contributed by atoms with E-state index in [1.165, 1.54) is 0 Å². The Morgan fingerprint density at radius 3 is 2.26 bits per heavy atom. The summed E-state index contributed by atoms with van der Waals surface area (Å²) in [6, 6.07) is 13.2. The van der Waals surface area contributed by atoms with Gasteiger partial charge in [0.25, 0.3) is 15.9 Å². The largest absolute Gasteiger partial charge is 0.372 e. The molecular formula is C20H24N2O4S. The van der Waals surface area contributed by atoms with E-state index in [-0.39, 0.29) is 28.7 Å². The minimum Gasteiger partial charge on any atom is -0.372 e. The molecule has 0 spiro atoms. The van der Waals surface area contributed by atoms with Gasteiger partial charge in [-0.05, 0) is 45.0 Å². The fraction of sp³-hybridized carbons (Fsp3) is 0.350. The number of ether oxygens (including phenoxy) is 1. The summed E-state index contributed by atoms with van der Waals surface area (Å²) in [6.07, 6.45) is -0.122. The van der Waals surface area contributed by atoms with Crippen LogP contribution in [0, 0.1) is 6.92 Å². The van der Waals surface area contributed by atoms with Gasteiger partial charge in [0.15, 0.2) is 0 Å². The number of para-hydroxylation sites is 1. The van der Waals surface area contributed by atoms with Gasteiger partial charge in [0.2, 0.25) is 0 Å². The quantitative estimate of drug-likeness (QED) is 0.873. The number of anilines is 1. The molecule has 144 valence electrons. The summed E-state index contributed by atoms with van der Waals surface area (Å²) in [5.41, 5.74) is 1.57. The van der Waals surface area contributed by atoms with Crippen molar-refractivity contribution in [1.29, 1.82) is 0 Å². The number of nitrogens with one attached hydrogen (secondary N) is 1. The van der Waals surface area contributed by atoms with Crippen molar-refractivity contribution < 1.29 is 17.9 Å². The molecule has 0 radical (unpaired) electrons. The first-order valence-corrected chi connectivity index (χ1v) is 10.4. The highest BCUT2D eigenvalue weighted by molar-refractivity contribution is 7.92. The third-order valence-electron chi connectivity index (χ3n) is 4.44. The lowest BCUT2D eigenvalue weighted by molar-refractivity contribution is -0.0585. The maximum absolute atomic E-state index is 13.0. The number of carbonyl (C=O) groups is 1. The number of benzene rings is 2. The molecule has 7 heteroatoms. The number of carbonyl (C=O) groups excluding carboxylic acids is 1. The van der Waals surface area contributed by atoms with Gasteiger partial charge in [-0.2, -0.15) is 0 Å². The van der Waals surface area contributed by atoms with Crippen LogP contribution in [-0.4, -0.2) is 44.5 Å². The lowest BCUT2D eigenvalue weighted by atomic mass is 10.1. The molecule has 0 saturated carbocycles. The molecule has 6 nitrogen and oxygen atoms in total. The first-order chi connectivity index (χ1) is 12.8. The van der Waals surface area contributed by atoms with Gasteiger partial charge in [-0.25, -0.2) is 8.42 Å². The van der Waals surface area contributed by atoms with Crippen molar-refractivity contribution in [3.63, 3.8) is 0 Å². The van der Waals surface area contributed by atoms with E-state index in [1.54, 1.807) is 53.4 Å². The normalized spacial score (nSPS) is 20.3. The van der Waals surface area contributed by atoms with Crippen molar-refractivity contribution in [2.75, 3.05) is 17.8 Å². The minimum atomic E-state index is -3.78. The Morgan fingerprint density at radius 2 is 1.63 bits per heavy atom. The Morgan fingerprint density at radius 1 is 1.04 bits per heavy atom. The van der Waals surface area contributed by atoms with Crippen molar-refractivity contribution >= 4 is 21.6 Å². The molecule has 0 bridgehead atoms. The van der Waals surface area contributed by atoms with E-state index in [9.17, 15) is 13.2 Å². The van der Waals surface area contributed by atoms with Crippen LogP contribution < -0.4 is 4.72 Å². The molecule has 27 heavy (non-hydrogen) atoms. The van der Waals surface area contributed by atoms with Gasteiger partial charge in [0.1, 0.15) is 0 Å². The van der Waals surface area contributed by atoms with E-state index in [1.807, 2.05) is 20.8 Å². The molecule has 1 aliphatic rings. The Hall–Kier alpha value is -2.38. The minimum absolute atomic E-state index is 0.0610. The van der Waals surface area contributed by atoms with Crippen molar-refractivity contribution in [2.24, 2.45) is 0 Å². The fourth-order valence-electron chi connectivity index (χ4n) is 3.19. The molecule has 1 amide bonds. The summed E-state index contributed by atoms with van der Waals surface area (Å²) in [7, 11) is -3.78. The van der Waals surface area contributed by atoms with Crippen molar-refractivity contribution in [3.05, 3.63) is 59.7 Å². The Kier molecular flexibility index (Phi) is 5.53. The first-order valence-electron chi connectivity index (χ1n) is 8.89. The highest BCUT2D eigenvalue weighted by Crippen LogP contribution is 2.23. The second-order valence-electron chi connectivity index (χ2n) is 6.93. The molecule has 2 aromatic rings. The van der Waals surface area contributed by atoms with E-state index >= 15 is 0 Å². The third-order valence-corrected chi connectivity index (χ3v) is 5.82. The molecule has 2 aromatic carbocycles. The second-order valence-corrected chi connectivity index (χ2v) is 8.61. The molecule has 3 rings (SSSR count). The number of amides is 1. The molecule has 1 heterocycles. The number of hydrogen-bond acceptors (Lipinski definition) is 4. The number of nitrogens with zero attached hydrogens (tertiary/aromatic N) is 1. The number of sulfonamides is 1. The van der Waals surface area contributed by atoms with Crippen LogP contribution in [0.1, 0.15) is 29.8 Å². The monoisotopic (exact) mass is 388 g/mol. The standard InChI is InChI=1S/C20H24N2O4S/c1-14-8-10-17(11-9-14)27(24,25)21-19-7-5-4-6-18(19)20(23)22-12-15(2)26-16(3)13-22/h4-11,15-16,21H,12-13H2,1-3H3. The zero-order valence-corrected chi connectivity index (χ0v) is 16.5. The smallest absolute Gasteiger partial charge is 0.261 e. The summed E-state index contributed by atoms with van der Waals surface area (Å²) in [4.78, 5) is 14.9. The molecule has 2 unspecified atom stereocenters. The lowest BCUT2D eigenvalue weighted by Crippen LogP contribution is -2.48. The average Bonchev–Trinajstić information content (AvgIpc) is 2.61. The number of aryl methyl sites for hydroxylation is 1. The van der Waals surface area contributed by atoms with Crippen molar-refractivity contribution in [2.45, 2.75) is 37.9 Å². The van der Waals surface area contributed by atoms with Crippen molar-refractivity contribution in [1.82, 2.24) is 4.90 Å². The van der Waals surface area contributed by atoms with Crippen LogP contribution in [-0.2, 0) is 14.8 Å². The molecule has 0 aromatic heterocycles. The predicted molar refractivity (Wildman–Crippen MR) is 104 cm³/mol. The molecule has 1 saturated heterocycles. The van der Waals surface area contributed by atoms with E-state index in [2.05, 4.69) is 4.72 Å². The summed E-state index contributed by atoms with van der Waals surface area (Å²) in [5.74, 6) is -0.209. The third kappa shape index (κ3) is 4.48. The molecule has 1 aliphatic heterocycles. The maximum Gasteiger partial charge on any atom is 0.261 e. The first kappa shape index (κ1) is 19.4. The average molecular weight is 388 g/mol. The number of rotatable bonds is 4. The van der Waals surface area contributed by atoms with E-state index in [0.717, 1.165) is 5.56 Å². The van der Waals surface area contributed by atoms with Crippen molar-refractivity contribution in [3.8, 4) is 0 Å². The van der Waals surface area contributed by atoms with Crippen LogP contribution in [0.3, 0.4) is 0 Å². The van der Waals surface area contributed by atoms with Gasteiger partial charge in [-0.3, -0.25) is 9.52 Å². The van der Waals surface area contributed by atoms with Crippen LogP contribution >= 0.6 is 0 Å². The predicted octanol–water partition coefficient (Wildman–Crippen LogP) is 3.05. The fourth-order valence-corrected chi connectivity index (χ4v) is 4.27. The van der Waals surface area contributed by atoms with Crippen LogP contribution in [0.2, 0.25) is 0 Å². The van der Waals surface area contributed by atoms with Gasteiger partial charge in [-0.15, -0.1) is 0 Å². The van der Waals surface area contributed by atoms with Crippen LogP contribution in [0.15, 0.2) is 53.4 Å². The van der Waals surface area contributed by atoms with E-state index in [4.69, 9.17) is 4.74 Å². The van der Waals surface area contributed by atoms with E-state index in [0.29, 0.717) is 18.7 Å². The van der Waals surface area contributed by atoms with Gasteiger partial charge in [0.05, 0.1) is 28.4 Å². The maximum atomic E-state index is 13.0. The summed E-state index contributed by atoms with van der Waals surface area (Å²) < 4.78 is 33.7. The zero-order valence-electron chi connectivity index (χ0n) is 15.7. The Bertz CT molecular complexity index is 915. The summed E-state index contributed by atoms with van der Waals surface area (Å²) in [6.45, 7) is 6.68. The summed E-state index contributed by atoms with van der Waals surface area (Å²) in [5, 5.41) is 0. The lowest BCUT2D eigenvalue weighted by Gasteiger charge is -2.35.